The van der Waals surface area contributed by atoms with Crippen LogP contribution in [0.1, 0.15) is 38.1 Å². The SMILES string of the molecule is CN1C2CCCC1CC(n1c(=S)[nH]c3cc(I)ccc31)C2. The molecule has 2 atom stereocenters. The smallest absolute Gasteiger partial charge is 0.178 e. The van der Waals surface area contributed by atoms with E-state index in [1.807, 2.05) is 0 Å². The van der Waals surface area contributed by atoms with Crippen LogP contribution in [0.3, 0.4) is 0 Å². The average molecular weight is 413 g/mol. The van der Waals surface area contributed by atoms with Crippen LogP contribution in [0.15, 0.2) is 18.2 Å². The fourth-order valence-corrected chi connectivity index (χ4v) is 5.11. The number of nitrogens with one attached hydrogen (secondary N) is 1. The molecule has 2 bridgehead atoms. The van der Waals surface area contributed by atoms with Crippen LogP contribution in [0.4, 0.5) is 0 Å². The Morgan fingerprint density at radius 3 is 2.62 bits per heavy atom. The molecule has 2 saturated heterocycles. The standard InChI is InChI=1S/C16H20IN3S/c1-19-11-3-2-4-12(19)9-13(8-11)20-15-6-5-10(17)7-14(15)18-16(20)21/h5-7,11-13H,2-4,8-9H2,1H3,(H,18,21). The Balaban J connectivity index is 1.77. The van der Waals surface area contributed by atoms with Crippen molar-refractivity contribution < 1.29 is 0 Å². The minimum absolute atomic E-state index is 0.554. The highest BCUT2D eigenvalue weighted by molar-refractivity contribution is 14.1. The maximum absolute atomic E-state index is 5.63. The topological polar surface area (TPSA) is 24.0 Å². The molecule has 2 aliphatic rings. The first-order chi connectivity index (χ1) is 10.1. The molecule has 2 aliphatic heterocycles. The van der Waals surface area contributed by atoms with E-state index in [1.165, 1.54) is 46.7 Å². The van der Waals surface area contributed by atoms with Crippen LogP contribution >= 0.6 is 34.8 Å². The number of halogens is 1. The van der Waals surface area contributed by atoms with Crippen LogP contribution in [0.2, 0.25) is 0 Å². The van der Waals surface area contributed by atoms with E-state index in [0.717, 1.165) is 16.9 Å². The number of fused-ring (bicyclic) bond motifs is 3. The number of imidazole rings is 1. The normalized spacial score (nSPS) is 29.9. The monoisotopic (exact) mass is 413 g/mol. The van der Waals surface area contributed by atoms with Crippen molar-refractivity contribution in [1.29, 1.82) is 0 Å². The predicted molar refractivity (Wildman–Crippen MR) is 97.3 cm³/mol. The molecule has 0 radical (unpaired) electrons. The largest absolute Gasteiger partial charge is 0.331 e. The number of benzene rings is 1. The summed E-state index contributed by atoms with van der Waals surface area (Å²) in [5.41, 5.74) is 2.45. The van der Waals surface area contributed by atoms with Gasteiger partial charge in [-0.3, -0.25) is 0 Å². The summed E-state index contributed by atoms with van der Waals surface area (Å²) in [5, 5.41) is 0. The molecule has 2 fully saturated rings. The number of piperidine rings is 2. The lowest BCUT2D eigenvalue weighted by Gasteiger charge is -2.47. The zero-order valence-electron chi connectivity index (χ0n) is 12.2. The second kappa shape index (κ2) is 5.35. The Kier molecular flexibility index (Phi) is 3.62. The zero-order chi connectivity index (χ0) is 14.6. The highest BCUT2D eigenvalue weighted by Crippen LogP contribution is 2.39. The average Bonchev–Trinajstić information content (AvgIpc) is 2.73. The first-order valence-corrected chi connectivity index (χ1v) is 9.24. The third-order valence-electron chi connectivity index (χ3n) is 5.36. The molecule has 0 saturated carbocycles. The number of aromatic nitrogens is 2. The third-order valence-corrected chi connectivity index (χ3v) is 6.33. The molecular weight excluding hydrogens is 393 g/mol. The Labute approximate surface area is 143 Å². The van der Waals surface area contributed by atoms with E-state index in [0.29, 0.717) is 6.04 Å². The minimum atomic E-state index is 0.554. The molecule has 0 amide bonds. The van der Waals surface area contributed by atoms with Crippen molar-refractivity contribution in [2.24, 2.45) is 0 Å². The predicted octanol–water partition coefficient (Wildman–Crippen LogP) is 4.49. The van der Waals surface area contributed by atoms with E-state index in [2.05, 4.69) is 62.3 Å². The molecule has 2 aromatic rings. The van der Waals surface area contributed by atoms with Gasteiger partial charge in [0, 0.05) is 21.7 Å². The fraction of sp³-hybridized carbons (Fsp3) is 0.562. The second-order valence-electron chi connectivity index (χ2n) is 6.49. The summed E-state index contributed by atoms with van der Waals surface area (Å²) < 4.78 is 4.53. The summed E-state index contributed by atoms with van der Waals surface area (Å²) in [5.74, 6) is 0. The number of rotatable bonds is 1. The summed E-state index contributed by atoms with van der Waals surface area (Å²) in [6, 6.07) is 8.61. The first kappa shape index (κ1) is 14.2. The molecule has 0 aliphatic carbocycles. The number of aromatic amines is 1. The van der Waals surface area contributed by atoms with Gasteiger partial charge >= 0.3 is 0 Å². The lowest BCUT2D eigenvalue weighted by atomic mass is 9.82. The van der Waals surface area contributed by atoms with Crippen molar-refractivity contribution in [3.05, 3.63) is 26.5 Å². The summed E-state index contributed by atoms with van der Waals surface area (Å²) in [7, 11) is 2.31. The van der Waals surface area contributed by atoms with Crippen LogP contribution in [-0.2, 0) is 0 Å². The molecule has 1 aromatic heterocycles. The highest BCUT2D eigenvalue weighted by atomic mass is 127. The summed E-state index contributed by atoms with van der Waals surface area (Å²) in [6.07, 6.45) is 6.55. The lowest BCUT2D eigenvalue weighted by Crippen LogP contribution is -2.50. The third kappa shape index (κ3) is 2.37. The highest BCUT2D eigenvalue weighted by Gasteiger charge is 2.37. The molecular formula is C16H20IN3S. The van der Waals surface area contributed by atoms with E-state index in [-0.39, 0.29) is 0 Å². The van der Waals surface area contributed by atoms with Gasteiger partial charge < -0.3 is 14.5 Å². The van der Waals surface area contributed by atoms with Gasteiger partial charge in [0.1, 0.15) is 0 Å². The molecule has 2 unspecified atom stereocenters. The molecule has 1 N–H and O–H groups in total. The number of hydrogen-bond donors (Lipinski definition) is 1. The van der Waals surface area contributed by atoms with Crippen molar-refractivity contribution >= 4 is 45.8 Å². The lowest BCUT2D eigenvalue weighted by molar-refractivity contribution is 0.0407. The Morgan fingerprint density at radius 2 is 1.90 bits per heavy atom. The van der Waals surface area contributed by atoms with Gasteiger partial charge in [0.25, 0.3) is 0 Å². The zero-order valence-corrected chi connectivity index (χ0v) is 15.2. The number of H-pyrrole nitrogens is 1. The molecule has 21 heavy (non-hydrogen) atoms. The Morgan fingerprint density at radius 1 is 1.19 bits per heavy atom. The molecule has 4 rings (SSSR count). The van der Waals surface area contributed by atoms with E-state index >= 15 is 0 Å². The first-order valence-electron chi connectivity index (χ1n) is 7.75. The molecule has 5 heteroatoms. The molecule has 112 valence electrons. The summed E-state index contributed by atoms with van der Waals surface area (Å²) in [6.45, 7) is 0. The maximum Gasteiger partial charge on any atom is 0.178 e. The summed E-state index contributed by atoms with van der Waals surface area (Å²) >= 11 is 7.99. The van der Waals surface area contributed by atoms with E-state index in [4.69, 9.17) is 12.2 Å². The molecule has 3 nitrogen and oxygen atoms in total. The van der Waals surface area contributed by atoms with E-state index in [1.54, 1.807) is 0 Å². The number of hydrogen-bond acceptors (Lipinski definition) is 2. The maximum atomic E-state index is 5.63. The van der Waals surface area contributed by atoms with Gasteiger partial charge in [-0.05, 0) is 85.7 Å². The molecule has 3 heterocycles. The number of nitrogens with zero attached hydrogens (tertiary/aromatic N) is 2. The van der Waals surface area contributed by atoms with Crippen molar-refractivity contribution in [1.82, 2.24) is 14.5 Å². The van der Waals surface area contributed by atoms with Crippen LogP contribution in [0.5, 0.6) is 0 Å². The van der Waals surface area contributed by atoms with Crippen molar-refractivity contribution in [3.8, 4) is 0 Å². The second-order valence-corrected chi connectivity index (χ2v) is 8.12. The van der Waals surface area contributed by atoms with Crippen molar-refractivity contribution in [2.45, 2.75) is 50.2 Å². The van der Waals surface area contributed by atoms with Crippen molar-refractivity contribution in [2.75, 3.05) is 7.05 Å². The van der Waals surface area contributed by atoms with Gasteiger partial charge in [-0.2, -0.15) is 0 Å². The van der Waals surface area contributed by atoms with E-state index in [9.17, 15) is 0 Å². The van der Waals surface area contributed by atoms with Crippen molar-refractivity contribution in [3.63, 3.8) is 0 Å². The quantitative estimate of drug-likeness (QED) is 0.550. The molecule has 0 spiro atoms. The van der Waals surface area contributed by atoms with Crippen LogP contribution in [-0.4, -0.2) is 33.6 Å². The van der Waals surface area contributed by atoms with Gasteiger partial charge in [-0.1, -0.05) is 6.42 Å². The minimum Gasteiger partial charge on any atom is -0.331 e. The van der Waals surface area contributed by atoms with Gasteiger partial charge in [0.05, 0.1) is 11.0 Å². The Bertz CT molecular complexity index is 721. The summed E-state index contributed by atoms with van der Waals surface area (Å²) in [4.78, 5) is 6.01. The molecule has 1 aromatic carbocycles. The van der Waals surface area contributed by atoms with Gasteiger partial charge in [-0.15, -0.1) is 0 Å². The van der Waals surface area contributed by atoms with Gasteiger partial charge in [0.15, 0.2) is 4.77 Å². The Hall–Kier alpha value is -0.400. The van der Waals surface area contributed by atoms with E-state index < -0.39 is 0 Å². The van der Waals surface area contributed by atoms with Crippen LogP contribution in [0, 0.1) is 8.34 Å². The van der Waals surface area contributed by atoms with Crippen LogP contribution < -0.4 is 0 Å². The van der Waals surface area contributed by atoms with Crippen LogP contribution in [0.25, 0.3) is 11.0 Å². The fourth-order valence-electron chi connectivity index (χ4n) is 4.26. The van der Waals surface area contributed by atoms with Gasteiger partial charge in [0.2, 0.25) is 0 Å². The van der Waals surface area contributed by atoms with Gasteiger partial charge in [-0.25, -0.2) is 0 Å².